The largest absolute Gasteiger partial charge is 0.377 e. The van der Waals surface area contributed by atoms with Crippen molar-refractivity contribution in [1.29, 1.82) is 0 Å². The minimum atomic E-state index is -1.05. The molecule has 0 radical (unpaired) electrons. The number of aliphatic hydroxyl groups is 1. The fourth-order valence-electron chi connectivity index (χ4n) is 3.43. The first-order valence-electron chi connectivity index (χ1n) is 8.99. The van der Waals surface area contributed by atoms with E-state index in [1.54, 1.807) is 6.20 Å². The summed E-state index contributed by atoms with van der Waals surface area (Å²) in [6, 6.07) is -2.76. The van der Waals surface area contributed by atoms with E-state index in [1.807, 2.05) is 0 Å². The number of rotatable bonds is 7. The molecule has 27 heavy (non-hydrogen) atoms. The fourth-order valence-corrected chi connectivity index (χ4v) is 3.43. The van der Waals surface area contributed by atoms with E-state index in [2.05, 4.69) is 31.2 Å². The highest BCUT2D eigenvalue weighted by Crippen LogP contribution is 2.17. The molecule has 2 fully saturated rings. The Kier molecular flexibility index (Phi) is 6.04. The van der Waals surface area contributed by atoms with Crippen molar-refractivity contribution < 1.29 is 19.5 Å². The van der Waals surface area contributed by atoms with E-state index in [-0.39, 0.29) is 18.2 Å². The van der Waals surface area contributed by atoms with Gasteiger partial charge < -0.3 is 37.1 Å². The maximum absolute atomic E-state index is 13.0. The van der Waals surface area contributed by atoms with Gasteiger partial charge in [-0.2, -0.15) is 0 Å². The van der Waals surface area contributed by atoms with Crippen LogP contribution in [0.4, 0.5) is 4.79 Å². The zero-order valence-electron chi connectivity index (χ0n) is 14.8. The molecule has 3 amide bonds. The van der Waals surface area contributed by atoms with Crippen LogP contribution in [-0.4, -0.2) is 69.7 Å². The van der Waals surface area contributed by atoms with Gasteiger partial charge in [-0.15, -0.1) is 0 Å². The Labute approximate surface area is 155 Å². The second-order valence-electron chi connectivity index (χ2n) is 6.88. The summed E-state index contributed by atoms with van der Waals surface area (Å²) in [5.41, 5.74) is 6.19. The number of hydrogen-bond acceptors (Lipinski definition) is 7. The van der Waals surface area contributed by atoms with E-state index in [9.17, 15) is 19.5 Å². The van der Waals surface area contributed by atoms with Gasteiger partial charge in [0.2, 0.25) is 5.91 Å². The number of urea groups is 1. The first kappa shape index (κ1) is 19.3. The number of nitrogens with two attached hydrogens (primary N) is 1. The van der Waals surface area contributed by atoms with Crippen molar-refractivity contribution in [2.24, 2.45) is 5.73 Å². The van der Waals surface area contributed by atoms with Gasteiger partial charge in [0.1, 0.15) is 12.3 Å². The molecule has 11 heteroatoms. The molecule has 0 spiro atoms. The number of imidazole rings is 1. The van der Waals surface area contributed by atoms with Crippen LogP contribution in [-0.2, 0) is 16.0 Å². The molecule has 148 valence electrons. The third kappa shape index (κ3) is 4.81. The van der Waals surface area contributed by atoms with E-state index in [4.69, 9.17) is 5.73 Å². The maximum atomic E-state index is 13.0. The number of H-pyrrole nitrogens is 1. The van der Waals surface area contributed by atoms with Crippen molar-refractivity contribution in [2.45, 2.75) is 56.1 Å². The lowest BCUT2D eigenvalue weighted by Crippen LogP contribution is -2.59. The van der Waals surface area contributed by atoms with Crippen molar-refractivity contribution in [3.8, 4) is 0 Å². The molecule has 1 aromatic rings. The van der Waals surface area contributed by atoms with Crippen LogP contribution in [0.25, 0.3) is 0 Å². The lowest BCUT2D eigenvalue weighted by molar-refractivity contribution is -0.129. The summed E-state index contributed by atoms with van der Waals surface area (Å²) in [6.07, 6.45) is 3.82. The molecule has 0 aromatic carbocycles. The topological polar surface area (TPSA) is 174 Å². The highest BCUT2D eigenvalue weighted by molar-refractivity contribution is 5.95. The van der Waals surface area contributed by atoms with E-state index in [1.165, 1.54) is 6.33 Å². The molecule has 2 aliphatic heterocycles. The number of ketones is 1. The number of hydrogen-bond donors (Lipinski definition) is 7. The minimum absolute atomic E-state index is 0.193. The standard InChI is InChI=1S/C16H25N7O4/c17-14(25)10-2-1-9(21-10)13(24)12(5-8-6-18-7-20-8)22-15(26)11-3-4-19-16(27)23-11/h6-7,9-12,14,21,25H,1-5,17H2,(H,18,20)(H,22,26)(H2,19,23,27). The van der Waals surface area contributed by atoms with Gasteiger partial charge in [0, 0.05) is 30.9 Å². The number of nitrogens with one attached hydrogen (secondary N) is 5. The Balaban J connectivity index is 1.68. The lowest BCUT2D eigenvalue weighted by Gasteiger charge is -2.27. The summed E-state index contributed by atoms with van der Waals surface area (Å²) in [5, 5.41) is 20.4. The summed E-state index contributed by atoms with van der Waals surface area (Å²) in [6.45, 7) is 0.392. The van der Waals surface area contributed by atoms with Crippen LogP contribution in [0.15, 0.2) is 12.5 Å². The van der Waals surface area contributed by atoms with Crippen molar-refractivity contribution in [3.05, 3.63) is 18.2 Å². The molecule has 2 saturated heterocycles. The van der Waals surface area contributed by atoms with Crippen LogP contribution < -0.4 is 27.0 Å². The molecule has 5 atom stereocenters. The van der Waals surface area contributed by atoms with Crippen LogP contribution in [0, 0.1) is 0 Å². The van der Waals surface area contributed by atoms with Crippen LogP contribution in [0.1, 0.15) is 25.0 Å². The SMILES string of the molecule is NC(O)C1CCC(C(=O)C(Cc2cnc[nH]2)NC(=O)C2CCNC(=O)N2)N1. The Morgan fingerprint density at radius 3 is 2.78 bits per heavy atom. The third-order valence-electron chi connectivity index (χ3n) is 4.92. The summed E-state index contributed by atoms with van der Waals surface area (Å²) in [4.78, 5) is 43.8. The predicted octanol–water partition coefficient (Wildman–Crippen LogP) is -2.52. The van der Waals surface area contributed by atoms with E-state index >= 15 is 0 Å². The Morgan fingerprint density at radius 1 is 1.33 bits per heavy atom. The third-order valence-corrected chi connectivity index (χ3v) is 4.92. The van der Waals surface area contributed by atoms with Gasteiger partial charge in [0.05, 0.1) is 18.4 Å². The predicted molar refractivity (Wildman–Crippen MR) is 94.3 cm³/mol. The van der Waals surface area contributed by atoms with Gasteiger partial charge in [-0.05, 0) is 19.3 Å². The summed E-state index contributed by atoms with van der Waals surface area (Å²) in [5.74, 6) is -0.600. The minimum Gasteiger partial charge on any atom is -0.377 e. The van der Waals surface area contributed by atoms with E-state index < -0.39 is 36.3 Å². The van der Waals surface area contributed by atoms with Crippen LogP contribution in [0.3, 0.4) is 0 Å². The normalized spacial score (nSPS) is 27.3. The molecule has 0 aliphatic carbocycles. The van der Waals surface area contributed by atoms with E-state index in [0.29, 0.717) is 31.5 Å². The Morgan fingerprint density at radius 2 is 2.15 bits per heavy atom. The number of amides is 3. The van der Waals surface area contributed by atoms with Crippen LogP contribution in [0.5, 0.6) is 0 Å². The van der Waals surface area contributed by atoms with Gasteiger partial charge in [0.25, 0.3) is 0 Å². The number of aromatic amines is 1. The molecule has 8 N–H and O–H groups in total. The van der Waals surface area contributed by atoms with E-state index in [0.717, 1.165) is 0 Å². The molecule has 0 bridgehead atoms. The first-order chi connectivity index (χ1) is 12.9. The Bertz CT molecular complexity index is 678. The molecule has 5 unspecified atom stereocenters. The quantitative estimate of drug-likeness (QED) is 0.256. The summed E-state index contributed by atoms with van der Waals surface area (Å²) in [7, 11) is 0. The molecule has 0 saturated carbocycles. The number of carbonyl (C=O) groups is 3. The second-order valence-corrected chi connectivity index (χ2v) is 6.88. The van der Waals surface area contributed by atoms with Gasteiger partial charge >= 0.3 is 6.03 Å². The zero-order valence-corrected chi connectivity index (χ0v) is 14.8. The lowest BCUT2D eigenvalue weighted by atomic mass is 9.99. The number of aromatic nitrogens is 2. The molecular formula is C16H25N7O4. The summed E-state index contributed by atoms with van der Waals surface area (Å²) >= 11 is 0. The van der Waals surface area contributed by atoms with Crippen LogP contribution in [0.2, 0.25) is 0 Å². The monoisotopic (exact) mass is 379 g/mol. The molecular weight excluding hydrogens is 354 g/mol. The molecule has 3 heterocycles. The van der Waals surface area contributed by atoms with Crippen molar-refractivity contribution in [3.63, 3.8) is 0 Å². The zero-order chi connectivity index (χ0) is 19.4. The number of nitrogens with zero attached hydrogens (tertiary/aromatic N) is 1. The smallest absolute Gasteiger partial charge is 0.315 e. The second kappa shape index (κ2) is 8.46. The molecule has 2 aliphatic rings. The van der Waals surface area contributed by atoms with Gasteiger partial charge in [0.15, 0.2) is 5.78 Å². The number of Topliss-reactive ketones (excluding diaryl/α,β-unsaturated/α-hetero) is 1. The molecule has 1 aromatic heterocycles. The molecule has 3 rings (SSSR count). The average molecular weight is 379 g/mol. The fraction of sp³-hybridized carbons (Fsp3) is 0.625. The molecule has 11 nitrogen and oxygen atoms in total. The van der Waals surface area contributed by atoms with Gasteiger partial charge in [-0.1, -0.05) is 0 Å². The van der Waals surface area contributed by atoms with Crippen molar-refractivity contribution in [2.75, 3.05) is 6.54 Å². The highest BCUT2D eigenvalue weighted by Gasteiger charge is 2.37. The van der Waals surface area contributed by atoms with Gasteiger partial charge in [-0.3, -0.25) is 9.59 Å². The first-order valence-corrected chi connectivity index (χ1v) is 8.99. The van der Waals surface area contributed by atoms with Crippen molar-refractivity contribution in [1.82, 2.24) is 31.2 Å². The number of aliphatic hydroxyl groups excluding tert-OH is 1. The Hall–Kier alpha value is -2.50. The van der Waals surface area contributed by atoms with Crippen molar-refractivity contribution >= 4 is 17.7 Å². The number of carbonyl (C=O) groups excluding carboxylic acids is 3. The maximum Gasteiger partial charge on any atom is 0.315 e. The van der Waals surface area contributed by atoms with Crippen LogP contribution >= 0.6 is 0 Å². The summed E-state index contributed by atoms with van der Waals surface area (Å²) < 4.78 is 0. The highest BCUT2D eigenvalue weighted by atomic mass is 16.3. The average Bonchev–Trinajstić information content (AvgIpc) is 3.32. The van der Waals surface area contributed by atoms with Gasteiger partial charge in [-0.25, -0.2) is 9.78 Å².